The van der Waals surface area contributed by atoms with Gasteiger partial charge < -0.3 is 15.2 Å². The van der Waals surface area contributed by atoms with Crippen LogP contribution in [-0.4, -0.2) is 19.2 Å². The van der Waals surface area contributed by atoms with Crippen LogP contribution in [0.1, 0.15) is 11.3 Å². The zero-order valence-electron chi connectivity index (χ0n) is 10.5. The molecule has 2 N–H and O–H groups in total. The molecule has 0 unspecified atom stereocenters. The molecule has 0 fully saturated rings. The second-order valence-electron chi connectivity index (χ2n) is 3.67. The van der Waals surface area contributed by atoms with Crippen LogP contribution in [0.5, 0.6) is 11.5 Å². The number of aromatic nitrogens is 1. The molecule has 1 aromatic carbocycles. The highest BCUT2D eigenvalue weighted by molar-refractivity contribution is 9.10. The van der Waals surface area contributed by atoms with E-state index in [1.165, 1.54) is 11.3 Å². The van der Waals surface area contributed by atoms with Gasteiger partial charge >= 0.3 is 0 Å². The van der Waals surface area contributed by atoms with Crippen LogP contribution in [0.2, 0.25) is 0 Å². The average Bonchev–Trinajstić information content (AvgIpc) is 2.82. The Bertz CT molecular complexity index is 611. The number of nitrogen functional groups attached to an aromatic ring is 1. The SMILES string of the molecule is COc1cc(Br)c(C=Cc2csc(N)n2)cc1OC. The number of anilines is 1. The van der Waals surface area contributed by atoms with Gasteiger partial charge in [0.05, 0.1) is 19.9 Å². The molecule has 0 atom stereocenters. The number of thiazole rings is 1. The lowest BCUT2D eigenvalue weighted by Crippen LogP contribution is -1.91. The minimum atomic E-state index is 0.561. The Balaban J connectivity index is 2.32. The van der Waals surface area contributed by atoms with Crippen LogP contribution >= 0.6 is 27.3 Å². The molecule has 100 valence electrons. The molecule has 0 aliphatic rings. The number of methoxy groups -OCH3 is 2. The first-order valence-corrected chi connectivity index (χ1v) is 7.12. The molecular weight excluding hydrogens is 328 g/mol. The van der Waals surface area contributed by atoms with Gasteiger partial charge in [0.15, 0.2) is 16.6 Å². The Labute approximate surface area is 124 Å². The van der Waals surface area contributed by atoms with Crippen molar-refractivity contribution >= 4 is 44.6 Å². The van der Waals surface area contributed by atoms with E-state index >= 15 is 0 Å². The zero-order valence-corrected chi connectivity index (χ0v) is 12.9. The number of hydrogen-bond acceptors (Lipinski definition) is 5. The van der Waals surface area contributed by atoms with Gasteiger partial charge in [0.2, 0.25) is 0 Å². The Morgan fingerprint density at radius 1 is 1.21 bits per heavy atom. The summed E-state index contributed by atoms with van der Waals surface area (Å²) in [6, 6.07) is 3.77. The van der Waals surface area contributed by atoms with E-state index in [9.17, 15) is 0 Å². The summed E-state index contributed by atoms with van der Waals surface area (Å²) in [4.78, 5) is 4.17. The van der Waals surface area contributed by atoms with E-state index < -0.39 is 0 Å². The highest BCUT2D eigenvalue weighted by Gasteiger charge is 2.07. The molecule has 0 aliphatic heterocycles. The van der Waals surface area contributed by atoms with Crippen LogP contribution in [-0.2, 0) is 0 Å². The van der Waals surface area contributed by atoms with Crippen molar-refractivity contribution in [2.45, 2.75) is 0 Å². The Kier molecular flexibility index (Phi) is 4.44. The highest BCUT2D eigenvalue weighted by Crippen LogP contribution is 2.34. The van der Waals surface area contributed by atoms with Gasteiger partial charge in [-0.3, -0.25) is 0 Å². The highest BCUT2D eigenvalue weighted by atomic mass is 79.9. The predicted octanol–water partition coefficient (Wildman–Crippen LogP) is 3.68. The summed E-state index contributed by atoms with van der Waals surface area (Å²) in [6.45, 7) is 0. The normalized spacial score (nSPS) is 10.9. The van der Waals surface area contributed by atoms with Gasteiger partial charge in [0.25, 0.3) is 0 Å². The van der Waals surface area contributed by atoms with Crippen molar-refractivity contribution in [3.05, 3.63) is 33.2 Å². The molecule has 4 nitrogen and oxygen atoms in total. The molecule has 2 aromatic rings. The minimum Gasteiger partial charge on any atom is -0.493 e. The fourth-order valence-electron chi connectivity index (χ4n) is 1.55. The maximum absolute atomic E-state index is 5.59. The number of ether oxygens (including phenoxy) is 2. The fraction of sp³-hybridized carbons (Fsp3) is 0.154. The molecule has 19 heavy (non-hydrogen) atoms. The smallest absolute Gasteiger partial charge is 0.180 e. The van der Waals surface area contributed by atoms with Crippen molar-refractivity contribution in [3.8, 4) is 11.5 Å². The maximum Gasteiger partial charge on any atom is 0.180 e. The van der Waals surface area contributed by atoms with Crippen LogP contribution in [0.25, 0.3) is 12.2 Å². The number of halogens is 1. The van der Waals surface area contributed by atoms with Gasteiger partial charge in [-0.05, 0) is 23.8 Å². The summed E-state index contributed by atoms with van der Waals surface area (Å²) in [6.07, 6.45) is 3.85. The first-order chi connectivity index (χ1) is 9.13. The number of nitrogens with zero attached hydrogens (tertiary/aromatic N) is 1. The molecule has 0 bridgehead atoms. The minimum absolute atomic E-state index is 0.561. The van der Waals surface area contributed by atoms with Crippen LogP contribution in [0.4, 0.5) is 5.13 Å². The lowest BCUT2D eigenvalue weighted by molar-refractivity contribution is 0.354. The summed E-state index contributed by atoms with van der Waals surface area (Å²) < 4.78 is 11.4. The zero-order chi connectivity index (χ0) is 13.8. The molecule has 0 aliphatic carbocycles. The van der Waals surface area contributed by atoms with Gasteiger partial charge in [0.1, 0.15) is 0 Å². The molecule has 2 rings (SSSR count). The molecule has 6 heteroatoms. The molecule has 0 saturated carbocycles. The first-order valence-electron chi connectivity index (χ1n) is 5.44. The van der Waals surface area contributed by atoms with Gasteiger partial charge in [-0.1, -0.05) is 22.0 Å². The van der Waals surface area contributed by atoms with E-state index in [0.717, 1.165) is 15.7 Å². The van der Waals surface area contributed by atoms with E-state index in [-0.39, 0.29) is 0 Å². The summed E-state index contributed by atoms with van der Waals surface area (Å²) in [5.41, 5.74) is 7.40. The Hall–Kier alpha value is -1.53. The molecular formula is C13H13BrN2O2S. The summed E-state index contributed by atoms with van der Waals surface area (Å²) >= 11 is 4.92. The quantitative estimate of drug-likeness (QED) is 0.922. The van der Waals surface area contributed by atoms with Gasteiger partial charge in [-0.2, -0.15) is 0 Å². The third-order valence-corrected chi connectivity index (χ3v) is 3.86. The van der Waals surface area contributed by atoms with Gasteiger partial charge in [0, 0.05) is 9.85 Å². The summed E-state index contributed by atoms with van der Waals surface area (Å²) in [5.74, 6) is 1.37. The number of rotatable bonds is 4. The standard InChI is InChI=1S/C13H13BrN2O2S/c1-17-11-5-8(10(14)6-12(11)18-2)3-4-9-7-19-13(15)16-9/h3-7H,1-2H3,(H2,15,16). The first kappa shape index (κ1) is 13.9. The number of benzene rings is 1. The third-order valence-electron chi connectivity index (χ3n) is 2.48. The van der Waals surface area contributed by atoms with Crippen LogP contribution in [0.3, 0.4) is 0 Å². The second kappa shape index (κ2) is 6.08. The topological polar surface area (TPSA) is 57.4 Å². The van der Waals surface area contributed by atoms with Crippen molar-refractivity contribution in [2.75, 3.05) is 20.0 Å². The number of nitrogens with two attached hydrogens (primary N) is 1. The number of hydrogen-bond donors (Lipinski definition) is 1. The largest absolute Gasteiger partial charge is 0.493 e. The lowest BCUT2D eigenvalue weighted by atomic mass is 10.2. The maximum atomic E-state index is 5.59. The van der Waals surface area contributed by atoms with E-state index in [4.69, 9.17) is 15.2 Å². The van der Waals surface area contributed by atoms with Crippen molar-refractivity contribution in [1.82, 2.24) is 4.98 Å². The third kappa shape index (κ3) is 3.27. The van der Waals surface area contributed by atoms with E-state index in [0.29, 0.717) is 16.6 Å². The summed E-state index contributed by atoms with van der Waals surface area (Å²) in [5, 5.41) is 2.46. The molecule has 0 radical (unpaired) electrons. The van der Waals surface area contributed by atoms with Gasteiger partial charge in [-0.25, -0.2) is 4.98 Å². The molecule has 1 aromatic heterocycles. The van der Waals surface area contributed by atoms with Crippen molar-refractivity contribution in [1.29, 1.82) is 0 Å². The van der Waals surface area contributed by atoms with E-state index in [2.05, 4.69) is 20.9 Å². The molecule has 0 spiro atoms. The average molecular weight is 341 g/mol. The molecule has 1 heterocycles. The Morgan fingerprint density at radius 3 is 2.47 bits per heavy atom. The van der Waals surface area contributed by atoms with Crippen LogP contribution < -0.4 is 15.2 Å². The lowest BCUT2D eigenvalue weighted by Gasteiger charge is -2.09. The van der Waals surface area contributed by atoms with Crippen molar-refractivity contribution in [3.63, 3.8) is 0 Å². The second-order valence-corrected chi connectivity index (χ2v) is 5.42. The van der Waals surface area contributed by atoms with E-state index in [1.54, 1.807) is 14.2 Å². The summed E-state index contributed by atoms with van der Waals surface area (Å²) in [7, 11) is 3.22. The van der Waals surface area contributed by atoms with Crippen LogP contribution in [0, 0.1) is 0 Å². The molecule has 0 amide bonds. The van der Waals surface area contributed by atoms with Crippen molar-refractivity contribution in [2.24, 2.45) is 0 Å². The fourth-order valence-corrected chi connectivity index (χ4v) is 2.54. The predicted molar refractivity (Wildman–Crippen MR) is 82.7 cm³/mol. The molecule has 0 saturated heterocycles. The van der Waals surface area contributed by atoms with Crippen LogP contribution in [0.15, 0.2) is 22.0 Å². The van der Waals surface area contributed by atoms with Gasteiger partial charge in [-0.15, -0.1) is 11.3 Å². The monoisotopic (exact) mass is 340 g/mol. The van der Waals surface area contributed by atoms with E-state index in [1.807, 2.05) is 29.7 Å². The Morgan fingerprint density at radius 2 is 1.89 bits per heavy atom. The van der Waals surface area contributed by atoms with Crippen molar-refractivity contribution < 1.29 is 9.47 Å².